The molecule has 1 aromatic carbocycles. The van der Waals surface area contributed by atoms with Crippen LogP contribution in [0.4, 0.5) is 5.82 Å². The van der Waals surface area contributed by atoms with Crippen LogP contribution in [0.3, 0.4) is 0 Å². The molecule has 0 spiro atoms. The van der Waals surface area contributed by atoms with Crippen molar-refractivity contribution in [1.29, 1.82) is 0 Å². The van der Waals surface area contributed by atoms with E-state index >= 15 is 0 Å². The second-order valence-corrected chi connectivity index (χ2v) is 4.66. The van der Waals surface area contributed by atoms with E-state index in [2.05, 4.69) is 17.0 Å². The molecule has 1 N–H and O–H groups in total. The van der Waals surface area contributed by atoms with Crippen LogP contribution in [0.15, 0.2) is 43.1 Å². The molecule has 1 aromatic heterocycles. The van der Waals surface area contributed by atoms with Gasteiger partial charge in [0.2, 0.25) is 0 Å². The van der Waals surface area contributed by atoms with Gasteiger partial charge in [0, 0.05) is 12.7 Å². The lowest BCUT2D eigenvalue weighted by atomic mass is 10.2. The first-order valence-electron chi connectivity index (χ1n) is 6.70. The molecule has 0 radical (unpaired) electrons. The van der Waals surface area contributed by atoms with Crippen molar-refractivity contribution in [3.63, 3.8) is 0 Å². The summed E-state index contributed by atoms with van der Waals surface area (Å²) in [5, 5.41) is 7.49. The number of benzene rings is 1. The maximum absolute atomic E-state index is 11.6. The summed E-state index contributed by atoms with van der Waals surface area (Å²) >= 11 is 0. The first-order chi connectivity index (χ1) is 10.1. The summed E-state index contributed by atoms with van der Waals surface area (Å²) in [5.41, 5.74) is 1.68. The molecule has 5 nitrogen and oxygen atoms in total. The number of rotatable bonds is 7. The smallest absolute Gasteiger partial charge is 0.165 e. The van der Waals surface area contributed by atoms with Crippen molar-refractivity contribution in [2.24, 2.45) is 0 Å². The predicted octanol–water partition coefficient (Wildman–Crippen LogP) is 2.74. The Kier molecular flexibility index (Phi) is 4.77. The van der Waals surface area contributed by atoms with Gasteiger partial charge in [-0.2, -0.15) is 5.10 Å². The van der Waals surface area contributed by atoms with Gasteiger partial charge in [0.05, 0.1) is 19.2 Å². The van der Waals surface area contributed by atoms with Crippen LogP contribution in [0.5, 0.6) is 5.75 Å². The molecule has 0 unspecified atom stereocenters. The number of anilines is 1. The number of Topliss-reactive ketones (excluding diaryl/α,β-unsaturated/α-hetero) is 1. The first-order valence-corrected chi connectivity index (χ1v) is 6.70. The average Bonchev–Trinajstić information content (AvgIpc) is 2.89. The minimum atomic E-state index is -0.0115. The molecule has 21 heavy (non-hydrogen) atoms. The van der Waals surface area contributed by atoms with Gasteiger partial charge in [0.15, 0.2) is 11.6 Å². The Labute approximate surface area is 124 Å². The monoisotopic (exact) mass is 285 g/mol. The van der Waals surface area contributed by atoms with E-state index in [0.717, 1.165) is 11.3 Å². The Morgan fingerprint density at radius 1 is 1.43 bits per heavy atom. The van der Waals surface area contributed by atoms with Gasteiger partial charge in [0.25, 0.3) is 0 Å². The van der Waals surface area contributed by atoms with E-state index < -0.39 is 0 Å². The summed E-state index contributed by atoms with van der Waals surface area (Å²) in [7, 11) is 1.64. The minimum absolute atomic E-state index is 0.0115. The maximum atomic E-state index is 11.6. The molecule has 0 amide bonds. The molecule has 0 bridgehead atoms. The molecule has 1 heterocycles. The zero-order chi connectivity index (χ0) is 15.2. The average molecular weight is 285 g/mol. The second-order valence-electron chi connectivity index (χ2n) is 4.66. The normalized spacial score (nSPS) is 10.2. The van der Waals surface area contributed by atoms with Gasteiger partial charge in [-0.3, -0.25) is 9.48 Å². The van der Waals surface area contributed by atoms with E-state index in [1.54, 1.807) is 24.1 Å². The number of ether oxygens (including phenoxy) is 1. The third kappa shape index (κ3) is 3.72. The van der Waals surface area contributed by atoms with Gasteiger partial charge in [-0.25, -0.2) is 0 Å². The Morgan fingerprint density at radius 3 is 2.71 bits per heavy atom. The zero-order valence-corrected chi connectivity index (χ0v) is 12.3. The number of ketones is 1. The summed E-state index contributed by atoms with van der Waals surface area (Å²) in [6, 6.07) is 7.76. The molecule has 0 aliphatic carbocycles. The summed E-state index contributed by atoms with van der Waals surface area (Å²) < 4.78 is 6.89. The Balaban J connectivity index is 2.18. The van der Waals surface area contributed by atoms with Crippen LogP contribution >= 0.6 is 0 Å². The van der Waals surface area contributed by atoms with Crippen LogP contribution < -0.4 is 10.1 Å². The Hall–Kier alpha value is -2.56. The van der Waals surface area contributed by atoms with Crippen LogP contribution in [0.1, 0.15) is 22.8 Å². The van der Waals surface area contributed by atoms with Crippen molar-refractivity contribution in [3.05, 3.63) is 54.2 Å². The van der Waals surface area contributed by atoms with E-state index in [1.807, 2.05) is 24.3 Å². The van der Waals surface area contributed by atoms with Gasteiger partial charge in [0.1, 0.15) is 5.75 Å². The van der Waals surface area contributed by atoms with Crippen LogP contribution in [-0.2, 0) is 6.54 Å². The summed E-state index contributed by atoms with van der Waals surface area (Å²) in [4.78, 5) is 11.6. The van der Waals surface area contributed by atoms with Crippen molar-refractivity contribution < 1.29 is 9.53 Å². The van der Waals surface area contributed by atoms with Crippen molar-refractivity contribution in [3.8, 4) is 5.75 Å². The molecule has 0 saturated heterocycles. The molecule has 2 rings (SSSR count). The number of nitrogens with one attached hydrogen (secondary N) is 1. The standard InChI is InChI=1S/C16H19N3O2/c1-4-9-17-16-15(12(2)20)11-19(18-16)10-13-5-7-14(21-3)8-6-13/h4-8,11H,1,9-10H2,2-3H3,(H,17,18). The van der Waals surface area contributed by atoms with Gasteiger partial charge >= 0.3 is 0 Å². The lowest BCUT2D eigenvalue weighted by molar-refractivity contribution is 0.101. The van der Waals surface area contributed by atoms with E-state index in [1.165, 1.54) is 6.92 Å². The van der Waals surface area contributed by atoms with Crippen LogP contribution in [-0.4, -0.2) is 29.2 Å². The van der Waals surface area contributed by atoms with Crippen LogP contribution in [0.2, 0.25) is 0 Å². The van der Waals surface area contributed by atoms with Crippen molar-refractivity contribution in [2.75, 3.05) is 19.0 Å². The van der Waals surface area contributed by atoms with Crippen molar-refractivity contribution in [1.82, 2.24) is 9.78 Å². The number of nitrogens with zero attached hydrogens (tertiary/aromatic N) is 2. The molecule has 5 heteroatoms. The Bertz CT molecular complexity index is 629. The highest BCUT2D eigenvalue weighted by Crippen LogP contribution is 2.16. The van der Waals surface area contributed by atoms with Gasteiger partial charge in [-0.1, -0.05) is 18.2 Å². The van der Waals surface area contributed by atoms with Gasteiger partial charge in [-0.15, -0.1) is 6.58 Å². The highest BCUT2D eigenvalue weighted by molar-refractivity contribution is 5.98. The van der Waals surface area contributed by atoms with E-state index in [4.69, 9.17) is 4.74 Å². The maximum Gasteiger partial charge on any atom is 0.165 e. The number of methoxy groups -OCH3 is 1. The molecule has 0 atom stereocenters. The number of hydrogen-bond acceptors (Lipinski definition) is 4. The fraction of sp³-hybridized carbons (Fsp3) is 0.250. The SMILES string of the molecule is C=CCNc1nn(Cc2ccc(OC)cc2)cc1C(C)=O. The molecule has 2 aromatic rings. The van der Waals surface area contributed by atoms with E-state index in [-0.39, 0.29) is 5.78 Å². The minimum Gasteiger partial charge on any atom is -0.497 e. The van der Waals surface area contributed by atoms with Crippen LogP contribution in [0.25, 0.3) is 0 Å². The van der Waals surface area contributed by atoms with Crippen molar-refractivity contribution in [2.45, 2.75) is 13.5 Å². The molecular weight excluding hydrogens is 266 g/mol. The van der Waals surface area contributed by atoms with Crippen LogP contribution in [0, 0.1) is 0 Å². The largest absolute Gasteiger partial charge is 0.497 e. The third-order valence-electron chi connectivity index (χ3n) is 3.06. The topological polar surface area (TPSA) is 56.1 Å². The van der Waals surface area contributed by atoms with E-state index in [0.29, 0.717) is 24.5 Å². The fourth-order valence-electron chi connectivity index (χ4n) is 1.98. The summed E-state index contributed by atoms with van der Waals surface area (Å²) in [6.45, 7) is 6.35. The number of carbonyl (C=O) groups is 1. The number of hydrogen-bond donors (Lipinski definition) is 1. The molecule has 0 aliphatic heterocycles. The number of aromatic nitrogens is 2. The lowest BCUT2D eigenvalue weighted by Gasteiger charge is -2.04. The highest BCUT2D eigenvalue weighted by atomic mass is 16.5. The molecule has 0 aliphatic rings. The first kappa shape index (κ1) is 14.8. The lowest BCUT2D eigenvalue weighted by Crippen LogP contribution is -2.04. The molecule has 110 valence electrons. The third-order valence-corrected chi connectivity index (χ3v) is 3.06. The second kappa shape index (κ2) is 6.74. The fourth-order valence-corrected chi connectivity index (χ4v) is 1.98. The number of carbonyl (C=O) groups excluding carboxylic acids is 1. The van der Waals surface area contributed by atoms with Gasteiger partial charge in [-0.05, 0) is 24.6 Å². The predicted molar refractivity (Wildman–Crippen MR) is 83.0 cm³/mol. The molecule has 0 fully saturated rings. The quantitative estimate of drug-likeness (QED) is 0.628. The van der Waals surface area contributed by atoms with Gasteiger partial charge < -0.3 is 10.1 Å². The van der Waals surface area contributed by atoms with Crippen molar-refractivity contribution >= 4 is 11.6 Å². The zero-order valence-electron chi connectivity index (χ0n) is 12.3. The highest BCUT2D eigenvalue weighted by Gasteiger charge is 2.12. The molecular formula is C16H19N3O2. The Morgan fingerprint density at radius 2 is 2.14 bits per heavy atom. The molecule has 0 saturated carbocycles. The summed E-state index contributed by atoms with van der Waals surface area (Å²) in [6.07, 6.45) is 3.49. The summed E-state index contributed by atoms with van der Waals surface area (Å²) in [5.74, 6) is 1.40. The van der Waals surface area contributed by atoms with E-state index in [9.17, 15) is 4.79 Å².